The molecule has 0 aliphatic carbocycles. The molecule has 1 N–H and O–H groups in total. The maximum absolute atomic E-state index is 14.9. The Morgan fingerprint density at radius 1 is 1.07 bits per heavy atom. The lowest BCUT2D eigenvalue weighted by atomic mass is 9.85. The van der Waals surface area contributed by atoms with Crippen molar-refractivity contribution in [3.05, 3.63) is 59.4 Å². The van der Waals surface area contributed by atoms with Crippen molar-refractivity contribution in [3.8, 4) is 5.75 Å². The smallest absolute Gasteiger partial charge is 0.267 e. The number of phenols is 1. The first-order valence-corrected chi connectivity index (χ1v) is 9.74. The van der Waals surface area contributed by atoms with Gasteiger partial charge in [0.25, 0.3) is 5.92 Å². The van der Waals surface area contributed by atoms with E-state index in [0.29, 0.717) is 36.3 Å². The Kier molecular flexibility index (Phi) is 5.02. The van der Waals surface area contributed by atoms with Gasteiger partial charge in [0.05, 0.1) is 18.5 Å². The molecular weight excluding hydrogens is 381 g/mol. The first kappa shape index (κ1) is 19.8. The van der Waals surface area contributed by atoms with Gasteiger partial charge < -0.3 is 10.0 Å². The number of phenolic OH excluding ortho intramolecular Hbond substituents is 1. The van der Waals surface area contributed by atoms with Gasteiger partial charge in [-0.3, -0.25) is 9.69 Å². The average Bonchev–Trinajstić information content (AvgIpc) is 3.06. The Bertz CT molecular complexity index is 917. The number of amides is 1. The Balaban J connectivity index is 1.48. The number of piperidine rings is 1. The maximum Gasteiger partial charge on any atom is 0.267 e. The van der Waals surface area contributed by atoms with Crippen LogP contribution in [0, 0.1) is 12.7 Å². The van der Waals surface area contributed by atoms with Gasteiger partial charge in [0, 0.05) is 12.2 Å². The zero-order chi connectivity index (χ0) is 20.8. The fourth-order valence-corrected chi connectivity index (χ4v) is 4.36. The average molecular weight is 404 g/mol. The monoisotopic (exact) mass is 404 g/mol. The number of alkyl halides is 2. The highest BCUT2D eigenvalue weighted by molar-refractivity contribution is 5.99. The van der Waals surface area contributed by atoms with Crippen molar-refractivity contribution < 1.29 is 23.1 Å². The van der Waals surface area contributed by atoms with Crippen molar-refractivity contribution in [2.24, 2.45) is 0 Å². The van der Waals surface area contributed by atoms with E-state index in [1.807, 2.05) is 0 Å². The minimum absolute atomic E-state index is 0.0405. The van der Waals surface area contributed by atoms with E-state index in [2.05, 4.69) is 0 Å². The molecule has 2 fully saturated rings. The van der Waals surface area contributed by atoms with Crippen LogP contribution in [-0.2, 0) is 4.79 Å². The predicted molar refractivity (Wildman–Crippen MR) is 104 cm³/mol. The molecule has 2 heterocycles. The van der Waals surface area contributed by atoms with Crippen LogP contribution in [0.5, 0.6) is 5.75 Å². The Morgan fingerprint density at radius 2 is 1.79 bits per heavy atom. The number of hydrogen-bond donors (Lipinski definition) is 1. The van der Waals surface area contributed by atoms with Crippen LogP contribution in [0.25, 0.3) is 0 Å². The number of nitrogens with zero attached hydrogens (tertiary/aromatic N) is 2. The Morgan fingerprint density at radius 3 is 2.45 bits per heavy atom. The molecule has 4 nitrogen and oxygen atoms in total. The number of carbonyl (C=O) groups excluding carboxylic acids is 1. The summed E-state index contributed by atoms with van der Waals surface area (Å²) in [5, 5.41) is 9.39. The number of likely N-dealkylation sites (tertiary alicyclic amines) is 1. The quantitative estimate of drug-likeness (QED) is 0.839. The van der Waals surface area contributed by atoms with E-state index in [9.17, 15) is 23.1 Å². The summed E-state index contributed by atoms with van der Waals surface area (Å²) in [6.07, 6.45) is 0.662. The lowest BCUT2D eigenvalue weighted by molar-refractivity contribution is -0.128. The summed E-state index contributed by atoms with van der Waals surface area (Å²) < 4.78 is 43.7. The second-order valence-electron chi connectivity index (χ2n) is 7.89. The van der Waals surface area contributed by atoms with Gasteiger partial charge in [-0.1, -0.05) is 18.2 Å². The lowest BCUT2D eigenvalue weighted by Gasteiger charge is -2.40. The van der Waals surface area contributed by atoms with Crippen LogP contribution in [-0.4, -0.2) is 47.5 Å². The second-order valence-corrected chi connectivity index (χ2v) is 7.89. The highest BCUT2D eigenvalue weighted by Gasteiger charge is 2.49. The zero-order valence-corrected chi connectivity index (χ0v) is 16.1. The van der Waals surface area contributed by atoms with E-state index in [1.165, 1.54) is 35.2 Å². The van der Waals surface area contributed by atoms with Crippen LogP contribution >= 0.6 is 0 Å². The molecule has 2 aromatic carbocycles. The molecule has 29 heavy (non-hydrogen) atoms. The van der Waals surface area contributed by atoms with Crippen molar-refractivity contribution in [2.45, 2.75) is 37.6 Å². The van der Waals surface area contributed by atoms with Gasteiger partial charge in [-0.15, -0.1) is 0 Å². The molecule has 2 aromatic rings. The molecule has 2 aliphatic heterocycles. The number of benzene rings is 2. The van der Waals surface area contributed by atoms with Crippen molar-refractivity contribution >= 4 is 11.6 Å². The summed E-state index contributed by atoms with van der Waals surface area (Å²) in [4.78, 5) is 15.9. The summed E-state index contributed by atoms with van der Waals surface area (Å²) in [7, 11) is 0. The minimum atomic E-state index is -2.99. The third-order valence-corrected chi connectivity index (χ3v) is 6.01. The highest BCUT2D eigenvalue weighted by atomic mass is 19.3. The van der Waals surface area contributed by atoms with Gasteiger partial charge in [-0.05, 0) is 61.7 Å². The van der Waals surface area contributed by atoms with Gasteiger partial charge in [-0.25, -0.2) is 13.2 Å². The summed E-state index contributed by atoms with van der Waals surface area (Å²) >= 11 is 0. The first-order chi connectivity index (χ1) is 13.8. The number of hydrogen-bond acceptors (Lipinski definition) is 3. The van der Waals surface area contributed by atoms with Crippen LogP contribution in [0.1, 0.15) is 29.9 Å². The van der Waals surface area contributed by atoms with Crippen LogP contribution in [0.4, 0.5) is 18.9 Å². The molecular formula is C22H23F3N2O2. The first-order valence-electron chi connectivity index (χ1n) is 9.74. The highest BCUT2D eigenvalue weighted by Crippen LogP contribution is 2.42. The van der Waals surface area contributed by atoms with Crippen LogP contribution in [0.15, 0.2) is 42.5 Å². The van der Waals surface area contributed by atoms with Crippen LogP contribution < -0.4 is 4.90 Å². The van der Waals surface area contributed by atoms with E-state index in [4.69, 9.17) is 0 Å². The van der Waals surface area contributed by atoms with Crippen LogP contribution in [0.2, 0.25) is 0 Å². The molecule has 1 amide bonds. The molecule has 0 saturated carbocycles. The fourth-order valence-electron chi connectivity index (χ4n) is 4.36. The van der Waals surface area contributed by atoms with Gasteiger partial charge >= 0.3 is 0 Å². The maximum atomic E-state index is 14.9. The zero-order valence-electron chi connectivity index (χ0n) is 16.1. The van der Waals surface area contributed by atoms with Gasteiger partial charge in [0.15, 0.2) is 0 Å². The van der Waals surface area contributed by atoms with E-state index in [1.54, 1.807) is 24.0 Å². The topological polar surface area (TPSA) is 43.8 Å². The molecule has 0 bridgehead atoms. The Labute approximate surface area is 167 Å². The largest absolute Gasteiger partial charge is 0.508 e. The van der Waals surface area contributed by atoms with E-state index >= 15 is 0 Å². The number of rotatable bonds is 3. The number of aryl methyl sites for hydroxylation is 1. The number of carbonyl (C=O) groups is 1. The molecule has 7 heteroatoms. The van der Waals surface area contributed by atoms with E-state index < -0.39 is 24.4 Å². The summed E-state index contributed by atoms with van der Waals surface area (Å²) in [5.41, 5.74) is 1.45. The molecule has 0 aromatic heterocycles. The molecule has 4 rings (SSSR count). The SMILES string of the molecule is Cc1ccc(N2CC[C@H](N3CC[C@H](c4ccc(O)cc4)C(F)(F)C3)C2=O)cc1F. The molecule has 0 spiro atoms. The molecule has 2 saturated heterocycles. The van der Waals surface area contributed by atoms with E-state index in [-0.39, 0.29) is 23.9 Å². The van der Waals surface area contributed by atoms with Gasteiger partial charge in [0.2, 0.25) is 5.91 Å². The minimum Gasteiger partial charge on any atom is -0.508 e. The molecule has 154 valence electrons. The normalized spacial score (nSPS) is 24.8. The molecule has 2 atom stereocenters. The third-order valence-electron chi connectivity index (χ3n) is 6.01. The van der Waals surface area contributed by atoms with Gasteiger partial charge in [0.1, 0.15) is 11.6 Å². The van der Waals surface area contributed by atoms with Gasteiger partial charge in [-0.2, -0.15) is 0 Å². The van der Waals surface area contributed by atoms with E-state index in [0.717, 1.165) is 0 Å². The molecule has 0 unspecified atom stereocenters. The van der Waals surface area contributed by atoms with Crippen LogP contribution in [0.3, 0.4) is 0 Å². The molecule has 2 aliphatic rings. The number of aromatic hydroxyl groups is 1. The molecule has 0 radical (unpaired) electrons. The standard InChI is InChI=1S/C22H23F3N2O2/c1-14-2-5-16(12-19(14)23)27-11-9-20(21(27)29)26-10-8-18(22(24,25)13-26)15-3-6-17(28)7-4-15/h2-7,12,18,20,28H,8-11,13H2,1H3/t18-,20+/m1/s1. The summed E-state index contributed by atoms with van der Waals surface area (Å²) in [5.74, 6) is -4.54. The van der Waals surface area contributed by atoms with Crippen molar-refractivity contribution in [1.29, 1.82) is 0 Å². The number of halogens is 3. The Hall–Kier alpha value is -2.54. The van der Waals surface area contributed by atoms with Crippen molar-refractivity contribution in [1.82, 2.24) is 4.90 Å². The second kappa shape index (κ2) is 7.37. The summed E-state index contributed by atoms with van der Waals surface area (Å²) in [6.45, 7) is 1.92. The summed E-state index contributed by atoms with van der Waals surface area (Å²) in [6, 6.07) is 9.88. The number of anilines is 1. The lowest BCUT2D eigenvalue weighted by Crippen LogP contribution is -2.53. The van der Waals surface area contributed by atoms with Crippen molar-refractivity contribution in [2.75, 3.05) is 24.5 Å². The van der Waals surface area contributed by atoms with Crippen molar-refractivity contribution in [3.63, 3.8) is 0 Å². The predicted octanol–water partition coefficient (Wildman–Crippen LogP) is 4.07. The third kappa shape index (κ3) is 3.71. The fraction of sp³-hybridized carbons (Fsp3) is 0.409.